The number of nitrogens with zero attached hydrogens (tertiary/aromatic N) is 3. The van der Waals surface area contributed by atoms with Crippen molar-refractivity contribution in [1.29, 1.82) is 0 Å². The molecule has 1 atom stereocenters. The Morgan fingerprint density at radius 2 is 1.83 bits per heavy atom. The van der Waals surface area contributed by atoms with Gasteiger partial charge < -0.3 is 14.4 Å². The van der Waals surface area contributed by atoms with E-state index in [2.05, 4.69) is 27.2 Å². The van der Waals surface area contributed by atoms with Crippen LogP contribution in [0.3, 0.4) is 0 Å². The number of rotatable bonds is 4. The summed E-state index contributed by atoms with van der Waals surface area (Å²) in [4.78, 5) is 2.30. The third-order valence-corrected chi connectivity index (χ3v) is 4.43. The van der Waals surface area contributed by atoms with Crippen LogP contribution in [0.1, 0.15) is 25.0 Å². The number of para-hydroxylation sites is 2. The van der Waals surface area contributed by atoms with Crippen molar-refractivity contribution in [2.75, 3.05) is 24.6 Å². The average Bonchev–Trinajstić information content (AvgIpc) is 3.15. The van der Waals surface area contributed by atoms with E-state index in [0.29, 0.717) is 6.61 Å². The third-order valence-electron chi connectivity index (χ3n) is 4.43. The van der Waals surface area contributed by atoms with Crippen LogP contribution in [-0.4, -0.2) is 36.0 Å². The summed E-state index contributed by atoms with van der Waals surface area (Å²) in [6.07, 6.45) is 4.31. The molecule has 5 nitrogen and oxygen atoms in total. The maximum Gasteiger partial charge on any atom is 0.161 e. The Morgan fingerprint density at radius 1 is 1.00 bits per heavy atom. The molecule has 0 aliphatic carbocycles. The topological polar surface area (TPSA) is 47.5 Å². The van der Waals surface area contributed by atoms with Gasteiger partial charge in [-0.25, -0.2) is 0 Å². The van der Waals surface area contributed by atoms with E-state index in [1.54, 1.807) is 0 Å². The Bertz CT molecular complexity index is 654. The zero-order chi connectivity index (χ0) is 15.5. The smallest absolute Gasteiger partial charge is 0.161 e. The molecule has 3 heterocycles. The van der Waals surface area contributed by atoms with E-state index in [9.17, 15) is 0 Å². The molecule has 4 rings (SSSR count). The van der Waals surface area contributed by atoms with Gasteiger partial charge in [0.15, 0.2) is 17.3 Å². The van der Waals surface area contributed by atoms with E-state index >= 15 is 0 Å². The average molecular weight is 311 g/mol. The summed E-state index contributed by atoms with van der Waals surface area (Å²) in [6, 6.07) is 12.0. The van der Waals surface area contributed by atoms with Gasteiger partial charge in [0.2, 0.25) is 0 Å². The summed E-state index contributed by atoms with van der Waals surface area (Å²) in [5.74, 6) is 2.66. The molecule has 0 N–H and O–H groups in total. The van der Waals surface area contributed by atoms with Gasteiger partial charge in [-0.15, -0.1) is 5.10 Å². The summed E-state index contributed by atoms with van der Waals surface area (Å²) in [6.45, 7) is 2.79. The summed E-state index contributed by atoms with van der Waals surface area (Å²) in [7, 11) is 0. The Balaban J connectivity index is 1.33. The molecule has 1 fully saturated rings. The number of benzene rings is 1. The van der Waals surface area contributed by atoms with Gasteiger partial charge in [-0.05, 0) is 49.9 Å². The Morgan fingerprint density at radius 3 is 2.61 bits per heavy atom. The lowest BCUT2D eigenvalue weighted by Gasteiger charge is -2.26. The first kappa shape index (κ1) is 14.3. The highest BCUT2D eigenvalue weighted by Gasteiger charge is 2.20. The summed E-state index contributed by atoms with van der Waals surface area (Å²) < 4.78 is 11.7. The molecule has 0 unspecified atom stereocenters. The van der Waals surface area contributed by atoms with E-state index in [4.69, 9.17) is 9.47 Å². The predicted molar refractivity (Wildman–Crippen MR) is 88.2 cm³/mol. The number of ether oxygens (including phenoxy) is 2. The van der Waals surface area contributed by atoms with Gasteiger partial charge in [-0.3, -0.25) is 0 Å². The van der Waals surface area contributed by atoms with Gasteiger partial charge in [0.05, 0.1) is 5.69 Å². The quantitative estimate of drug-likeness (QED) is 0.869. The van der Waals surface area contributed by atoms with Crippen molar-refractivity contribution < 1.29 is 9.47 Å². The van der Waals surface area contributed by atoms with Crippen LogP contribution in [0.15, 0.2) is 36.4 Å². The molecule has 0 radical (unpaired) electrons. The van der Waals surface area contributed by atoms with Crippen molar-refractivity contribution in [3.05, 3.63) is 42.1 Å². The number of aryl methyl sites for hydroxylation is 1. The first-order chi connectivity index (χ1) is 11.4. The van der Waals surface area contributed by atoms with Crippen LogP contribution in [0.25, 0.3) is 0 Å². The lowest BCUT2D eigenvalue weighted by molar-refractivity contribution is 0.0849. The molecule has 120 valence electrons. The van der Waals surface area contributed by atoms with Crippen LogP contribution in [0.2, 0.25) is 0 Å². The molecule has 1 aromatic heterocycles. The number of aromatic nitrogens is 2. The SMILES string of the molecule is c1ccc2c(c1)OC[C@@H](CCc1ccc(N3CCCC3)nn1)O2. The fourth-order valence-corrected chi connectivity index (χ4v) is 3.12. The van der Waals surface area contributed by atoms with Crippen molar-refractivity contribution >= 4 is 5.82 Å². The summed E-state index contributed by atoms with van der Waals surface area (Å²) in [5, 5.41) is 8.73. The molecular weight excluding hydrogens is 290 g/mol. The molecule has 23 heavy (non-hydrogen) atoms. The lowest BCUT2D eigenvalue weighted by atomic mass is 10.1. The zero-order valence-electron chi connectivity index (χ0n) is 13.1. The van der Waals surface area contributed by atoms with Crippen LogP contribution >= 0.6 is 0 Å². The minimum atomic E-state index is 0.0740. The van der Waals surface area contributed by atoms with Crippen LogP contribution in [0.5, 0.6) is 11.5 Å². The maximum atomic E-state index is 5.98. The first-order valence-corrected chi connectivity index (χ1v) is 8.34. The minimum absolute atomic E-state index is 0.0740. The van der Waals surface area contributed by atoms with Crippen LogP contribution in [-0.2, 0) is 6.42 Å². The monoisotopic (exact) mass is 311 g/mol. The van der Waals surface area contributed by atoms with E-state index < -0.39 is 0 Å². The number of hydrogen-bond donors (Lipinski definition) is 0. The highest BCUT2D eigenvalue weighted by atomic mass is 16.6. The number of hydrogen-bond acceptors (Lipinski definition) is 5. The van der Waals surface area contributed by atoms with Crippen molar-refractivity contribution in [3.8, 4) is 11.5 Å². The van der Waals surface area contributed by atoms with Crippen molar-refractivity contribution in [3.63, 3.8) is 0 Å². The maximum absolute atomic E-state index is 5.98. The van der Waals surface area contributed by atoms with Crippen molar-refractivity contribution in [2.45, 2.75) is 31.8 Å². The first-order valence-electron chi connectivity index (χ1n) is 8.34. The molecule has 1 saturated heterocycles. The van der Waals surface area contributed by atoms with E-state index in [1.165, 1.54) is 12.8 Å². The molecule has 0 saturated carbocycles. The van der Waals surface area contributed by atoms with E-state index in [0.717, 1.165) is 48.9 Å². The molecule has 0 spiro atoms. The van der Waals surface area contributed by atoms with Gasteiger partial charge in [0.25, 0.3) is 0 Å². The largest absolute Gasteiger partial charge is 0.486 e. The molecule has 5 heteroatoms. The van der Waals surface area contributed by atoms with Crippen LogP contribution in [0.4, 0.5) is 5.82 Å². The van der Waals surface area contributed by atoms with Crippen LogP contribution in [0, 0.1) is 0 Å². The summed E-state index contributed by atoms with van der Waals surface area (Å²) >= 11 is 0. The van der Waals surface area contributed by atoms with Gasteiger partial charge >= 0.3 is 0 Å². The lowest BCUT2D eigenvalue weighted by Crippen LogP contribution is -2.29. The second-order valence-electron chi connectivity index (χ2n) is 6.11. The highest BCUT2D eigenvalue weighted by Crippen LogP contribution is 2.31. The third kappa shape index (κ3) is 3.23. The number of fused-ring (bicyclic) bond motifs is 1. The molecule has 0 amide bonds. The van der Waals surface area contributed by atoms with Gasteiger partial charge in [0, 0.05) is 13.1 Å². The normalized spacial score (nSPS) is 19.8. The van der Waals surface area contributed by atoms with Gasteiger partial charge in [0.1, 0.15) is 12.7 Å². The fourth-order valence-electron chi connectivity index (χ4n) is 3.12. The molecule has 2 aliphatic rings. The second-order valence-corrected chi connectivity index (χ2v) is 6.11. The highest BCUT2D eigenvalue weighted by molar-refractivity contribution is 5.41. The number of anilines is 1. The van der Waals surface area contributed by atoms with E-state index in [-0.39, 0.29) is 6.10 Å². The molecule has 0 bridgehead atoms. The Kier molecular flexibility index (Phi) is 4.01. The Labute approximate surface area is 136 Å². The standard InChI is InChI=1S/C18H21N3O2/c1-2-6-17-16(5-1)22-13-15(23-17)9-7-14-8-10-18(20-19-14)21-11-3-4-12-21/h1-2,5-6,8,10,15H,3-4,7,9,11-13H2/t15-/m1/s1. The van der Waals surface area contributed by atoms with Crippen LogP contribution < -0.4 is 14.4 Å². The Hall–Kier alpha value is -2.30. The second kappa shape index (κ2) is 6.44. The van der Waals surface area contributed by atoms with Crippen molar-refractivity contribution in [1.82, 2.24) is 10.2 Å². The predicted octanol–water partition coefficient (Wildman–Crippen LogP) is 2.85. The van der Waals surface area contributed by atoms with Gasteiger partial charge in [-0.1, -0.05) is 12.1 Å². The fraction of sp³-hybridized carbons (Fsp3) is 0.444. The molecule has 1 aromatic carbocycles. The van der Waals surface area contributed by atoms with Gasteiger partial charge in [-0.2, -0.15) is 5.10 Å². The van der Waals surface area contributed by atoms with E-state index in [1.807, 2.05) is 24.3 Å². The zero-order valence-corrected chi connectivity index (χ0v) is 13.1. The van der Waals surface area contributed by atoms with Crippen molar-refractivity contribution in [2.24, 2.45) is 0 Å². The minimum Gasteiger partial charge on any atom is -0.486 e. The summed E-state index contributed by atoms with van der Waals surface area (Å²) in [5.41, 5.74) is 1.01. The molecule has 2 aliphatic heterocycles. The molecule has 2 aromatic rings. The molecular formula is C18H21N3O2.